The summed E-state index contributed by atoms with van der Waals surface area (Å²) in [6.07, 6.45) is 4.61. The van der Waals surface area contributed by atoms with Gasteiger partial charge in [0.25, 0.3) is 6.33 Å². The standard InChI is InChI=1S/C56H40N4O/c1-38-36-57-56(39(2)54(38)42-22-10-5-11-23-42)60-50-29-13-12-26-48(50)49-33-32-45(35-53(49)60)61-44-25-16-24-43(34-44)58-37-59(52-31-15-14-30-51(52)58)55-46(40-18-6-3-7-19-40)27-17-28-47(55)41-20-8-4-9-21-41/h3-36H,1-2H3/i1D3,2D3,3D,4D,6D,7D,8D,9D,18D,19D,20D,21D. The second-order valence-corrected chi connectivity index (χ2v) is 14.2. The number of aromatic nitrogens is 4. The number of imidazole rings is 1. The van der Waals surface area contributed by atoms with Crippen molar-refractivity contribution in [3.63, 3.8) is 0 Å². The van der Waals surface area contributed by atoms with Gasteiger partial charge >= 0.3 is 0 Å². The summed E-state index contributed by atoms with van der Waals surface area (Å²) in [4.78, 5) is 4.64. The molecule has 5 heteroatoms. The van der Waals surface area contributed by atoms with Gasteiger partial charge in [0.2, 0.25) is 0 Å². The summed E-state index contributed by atoms with van der Waals surface area (Å²) >= 11 is 0. The minimum Gasteiger partial charge on any atom is -0.458 e. The molecule has 0 bridgehead atoms. The van der Waals surface area contributed by atoms with Gasteiger partial charge in [-0.15, -0.1) is 0 Å². The van der Waals surface area contributed by atoms with E-state index in [1.807, 2.05) is 36.4 Å². The molecular weight excluding hydrogens is 745 g/mol. The van der Waals surface area contributed by atoms with Crippen molar-refractivity contribution < 1.29 is 31.2 Å². The van der Waals surface area contributed by atoms with Gasteiger partial charge < -0.3 is 4.74 Å². The fourth-order valence-corrected chi connectivity index (χ4v) is 8.01. The lowest BCUT2D eigenvalue weighted by molar-refractivity contribution is -0.571. The Kier molecular flexibility index (Phi) is 5.63. The van der Waals surface area contributed by atoms with Crippen LogP contribution in [0.1, 0.15) is 33.1 Å². The number of pyridine rings is 1. The Bertz CT molecular complexity index is 4100. The maximum Gasteiger partial charge on any atom is 0.269 e. The minimum atomic E-state index is -2.83. The monoisotopic (exact) mass is 800 g/mol. The van der Waals surface area contributed by atoms with E-state index in [1.165, 1.54) is 12.3 Å². The molecule has 11 aromatic rings. The molecule has 0 aliphatic rings. The van der Waals surface area contributed by atoms with Crippen molar-refractivity contribution in [3.05, 3.63) is 224 Å². The Morgan fingerprint density at radius 3 is 2.02 bits per heavy atom. The van der Waals surface area contributed by atoms with E-state index < -0.39 is 74.1 Å². The molecule has 3 aromatic heterocycles. The van der Waals surface area contributed by atoms with Crippen LogP contribution in [0.2, 0.25) is 0 Å². The zero-order chi connectivity index (χ0) is 54.6. The summed E-state index contributed by atoms with van der Waals surface area (Å²) in [5, 5.41) is 1.52. The van der Waals surface area contributed by atoms with Crippen LogP contribution < -0.4 is 9.30 Å². The fourth-order valence-electron chi connectivity index (χ4n) is 8.01. The average Bonchev–Trinajstić information content (AvgIpc) is 4.17. The smallest absolute Gasteiger partial charge is 0.269 e. The first-order chi connectivity index (χ1) is 36.7. The highest BCUT2D eigenvalue weighted by Crippen LogP contribution is 2.39. The third kappa shape index (κ3) is 6.26. The molecule has 0 aliphatic carbocycles. The lowest BCUT2D eigenvalue weighted by Gasteiger charge is -2.17. The van der Waals surface area contributed by atoms with Gasteiger partial charge in [0, 0.05) is 36.8 Å². The molecule has 0 spiro atoms. The summed E-state index contributed by atoms with van der Waals surface area (Å²) in [5.41, 5.74) is 2.69. The molecule has 290 valence electrons. The number of hydrogen-bond acceptors (Lipinski definition) is 2. The van der Waals surface area contributed by atoms with Crippen molar-refractivity contribution in [2.45, 2.75) is 13.7 Å². The first kappa shape index (κ1) is 22.9. The molecule has 0 N–H and O–H groups in total. The average molecular weight is 801 g/mol. The van der Waals surface area contributed by atoms with Crippen LogP contribution in [0.4, 0.5) is 0 Å². The van der Waals surface area contributed by atoms with Crippen molar-refractivity contribution in [3.8, 4) is 62.1 Å². The predicted octanol–water partition coefficient (Wildman–Crippen LogP) is 13.6. The summed E-state index contributed by atoms with van der Waals surface area (Å²) in [7, 11) is 0. The Morgan fingerprint density at radius 1 is 0.590 bits per heavy atom. The topological polar surface area (TPSA) is 35.9 Å². The van der Waals surface area contributed by atoms with Crippen LogP contribution in [-0.4, -0.2) is 14.1 Å². The van der Waals surface area contributed by atoms with Crippen molar-refractivity contribution in [2.75, 3.05) is 0 Å². The van der Waals surface area contributed by atoms with E-state index >= 15 is 0 Å². The van der Waals surface area contributed by atoms with Crippen LogP contribution >= 0.6 is 0 Å². The molecule has 0 saturated heterocycles. The van der Waals surface area contributed by atoms with Crippen LogP contribution in [-0.2, 0) is 0 Å². The Morgan fingerprint density at radius 2 is 1.26 bits per heavy atom. The normalized spacial score (nSPS) is 15.6. The van der Waals surface area contributed by atoms with Crippen LogP contribution in [0.3, 0.4) is 0 Å². The molecule has 3 heterocycles. The largest absolute Gasteiger partial charge is 0.458 e. The first-order valence-electron chi connectivity index (χ1n) is 27.3. The first-order valence-corrected chi connectivity index (χ1v) is 19.3. The van der Waals surface area contributed by atoms with E-state index in [9.17, 15) is 0 Å². The molecule has 0 aliphatic heterocycles. The van der Waals surface area contributed by atoms with Crippen molar-refractivity contribution in [1.82, 2.24) is 14.1 Å². The van der Waals surface area contributed by atoms with E-state index in [1.54, 1.807) is 111 Å². The van der Waals surface area contributed by atoms with E-state index in [0.29, 0.717) is 44.8 Å². The van der Waals surface area contributed by atoms with Gasteiger partial charge in [-0.25, -0.2) is 4.98 Å². The van der Waals surface area contributed by atoms with Crippen LogP contribution in [0, 0.1) is 20.0 Å². The quantitative estimate of drug-likeness (QED) is 0.113. The van der Waals surface area contributed by atoms with Crippen molar-refractivity contribution in [2.24, 2.45) is 0 Å². The Hall–Kier alpha value is -8.02. The van der Waals surface area contributed by atoms with Gasteiger partial charge in [-0.1, -0.05) is 157 Å². The van der Waals surface area contributed by atoms with Gasteiger partial charge in [0.1, 0.15) is 17.3 Å². The predicted molar refractivity (Wildman–Crippen MR) is 248 cm³/mol. The summed E-state index contributed by atoms with van der Waals surface area (Å²) in [5.74, 6) is 0.730. The van der Waals surface area contributed by atoms with Gasteiger partial charge in [0.05, 0.1) is 47.1 Å². The Labute approximate surface area is 377 Å². The maximum atomic E-state index is 9.02. The molecule has 61 heavy (non-hydrogen) atoms. The molecular formula is C56H40N4O. The number of aryl methyl sites for hydroxylation is 1. The van der Waals surface area contributed by atoms with Crippen LogP contribution in [0.25, 0.3) is 83.4 Å². The van der Waals surface area contributed by atoms with Crippen LogP contribution in [0.5, 0.6) is 11.5 Å². The zero-order valence-corrected chi connectivity index (χ0v) is 32.1. The number of fused-ring (bicyclic) bond motifs is 4. The van der Waals surface area contributed by atoms with Gasteiger partial charge in [0.15, 0.2) is 0 Å². The molecule has 0 saturated carbocycles. The maximum absolute atomic E-state index is 9.02. The lowest BCUT2D eigenvalue weighted by atomic mass is 9.95. The second kappa shape index (κ2) is 15.0. The highest BCUT2D eigenvalue weighted by Gasteiger charge is 2.21. The van der Waals surface area contributed by atoms with E-state index in [4.69, 9.17) is 26.7 Å². The molecule has 5 nitrogen and oxygen atoms in total. The number of para-hydroxylation sites is 4. The van der Waals surface area contributed by atoms with E-state index in [-0.39, 0.29) is 50.4 Å². The lowest BCUT2D eigenvalue weighted by Crippen LogP contribution is -2.31. The second-order valence-electron chi connectivity index (χ2n) is 14.2. The number of benzene rings is 8. The number of rotatable bonds is 8. The molecule has 0 amide bonds. The third-order valence-corrected chi connectivity index (χ3v) is 10.7. The Balaban J connectivity index is 1.09. The molecule has 0 radical (unpaired) electrons. The molecule has 11 rings (SSSR count). The number of nitrogens with zero attached hydrogens (tertiary/aromatic N) is 4. The van der Waals surface area contributed by atoms with Crippen molar-refractivity contribution >= 4 is 32.8 Å². The van der Waals surface area contributed by atoms with E-state index in [2.05, 4.69) is 11.3 Å². The van der Waals surface area contributed by atoms with Gasteiger partial charge in [-0.3, -0.25) is 13.7 Å². The highest BCUT2D eigenvalue weighted by molar-refractivity contribution is 6.09. The molecule has 0 fully saturated rings. The molecule has 8 aromatic carbocycles. The highest BCUT2D eigenvalue weighted by atomic mass is 16.5. The summed E-state index contributed by atoms with van der Waals surface area (Å²) in [6, 6.07) is 34.6. The fraction of sp³-hybridized carbons (Fsp3) is 0.0357. The number of hydrogen-bond donors (Lipinski definition) is 0. The SMILES string of the molecule is [2H]c1c([2H])c([2H])c(-c2cccc(-c3c([2H])c([2H])c([2H])c([2H])c3[2H])c2-[n+]2[c-]n(-c3cccc(Oc4ccc5c6ccccc6n(-c6ncc(C([2H])([2H])[2H])c(-c7ccccc7)c6C([2H])([2H])[2H])c5c4)c3)c3ccccc32)c([2H])c1[2H]. The molecule has 0 atom stereocenters. The van der Waals surface area contributed by atoms with E-state index in [0.717, 1.165) is 10.8 Å². The van der Waals surface area contributed by atoms with Crippen LogP contribution in [0.15, 0.2) is 206 Å². The third-order valence-electron chi connectivity index (χ3n) is 10.7. The molecule has 0 unspecified atom stereocenters. The van der Waals surface area contributed by atoms with Gasteiger partial charge in [-0.05, 0) is 89.0 Å². The van der Waals surface area contributed by atoms with Gasteiger partial charge in [-0.2, -0.15) is 0 Å². The minimum absolute atomic E-state index is 0.0217. The van der Waals surface area contributed by atoms with Crippen molar-refractivity contribution in [1.29, 1.82) is 0 Å². The summed E-state index contributed by atoms with van der Waals surface area (Å²) < 4.78 is 151. The summed E-state index contributed by atoms with van der Waals surface area (Å²) in [6.45, 7) is -5.53. The zero-order valence-electron chi connectivity index (χ0n) is 48.1. The number of ether oxygens (including phenoxy) is 1.